The van der Waals surface area contributed by atoms with Crippen LogP contribution in [-0.2, 0) is 5.67 Å². The van der Waals surface area contributed by atoms with Crippen molar-refractivity contribution in [1.82, 2.24) is 0 Å². The maximum absolute atomic E-state index is 15.3. The Bertz CT molecular complexity index is 546. The highest BCUT2D eigenvalue weighted by molar-refractivity contribution is 5.28. The largest absolute Gasteiger partial charge is 0.244 e. The maximum atomic E-state index is 15.3. The zero-order chi connectivity index (χ0) is 16.7. The van der Waals surface area contributed by atoms with Crippen LogP contribution in [0.25, 0.3) is 0 Å². The summed E-state index contributed by atoms with van der Waals surface area (Å²) < 4.78 is 42.9. The lowest BCUT2D eigenvalue weighted by Crippen LogP contribution is -2.34. The van der Waals surface area contributed by atoms with E-state index in [1.165, 1.54) is 6.07 Å². The molecule has 0 aliphatic heterocycles. The van der Waals surface area contributed by atoms with Gasteiger partial charge >= 0.3 is 0 Å². The van der Waals surface area contributed by atoms with E-state index < -0.39 is 11.3 Å². The summed E-state index contributed by atoms with van der Waals surface area (Å²) in [7, 11) is 0. The molecule has 1 aromatic rings. The van der Waals surface area contributed by atoms with Crippen molar-refractivity contribution in [3.05, 3.63) is 35.1 Å². The van der Waals surface area contributed by atoms with Crippen molar-refractivity contribution in [2.75, 3.05) is 0 Å². The van der Waals surface area contributed by atoms with Gasteiger partial charge in [0.2, 0.25) is 0 Å². The molecule has 0 nitrogen and oxygen atoms in total. The standard InChI is InChI=1S/C20H27F3/c1-14-3-4-17(13-18(14)21)20(23)11-7-16(8-12-20)15-5-9-19(2,22)10-6-15/h3-4,13,15-16H,5-12H2,1-2H3. The highest BCUT2D eigenvalue weighted by atomic mass is 19.1. The summed E-state index contributed by atoms with van der Waals surface area (Å²) in [6, 6.07) is 4.76. The fourth-order valence-electron chi connectivity index (χ4n) is 4.44. The van der Waals surface area contributed by atoms with E-state index in [0.717, 1.165) is 25.7 Å². The third-order valence-electron chi connectivity index (χ3n) is 6.25. The van der Waals surface area contributed by atoms with E-state index >= 15 is 4.39 Å². The third kappa shape index (κ3) is 3.59. The van der Waals surface area contributed by atoms with Crippen LogP contribution in [0.3, 0.4) is 0 Å². The van der Waals surface area contributed by atoms with Crippen molar-refractivity contribution >= 4 is 0 Å². The van der Waals surface area contributed by atoms with Gasteiger partial charge in [0.25, 0.3) is 0 Å². The van der Waals surface area contributed by atoms with Crippen LogP contribution in [-0.4, -0.2) is 5.67 Å². The first-order chi connectivity index (χ1) is 10.8. The zero-order valence-electron chi connectivity index (χ0n) is 14.2. The van der Waals surface area contributed by atoms with Crippen molar-refractivity contribution in [2.45, 2.75) is 76.6 Å². The van der Waals surface area contributed by atoms with E-state index in [4.69, 9.17) is 0 Å². The molecule has 0 atom stereocenters. The minimum Gasteiger partial charge on any atom is -0.244 e. The number of hydrogen-bond acceptors (Lipinski definition) is 0. The van der Waals surface area contributed by atoms with Gasteiger partial charge in [-0.05, 0) is 94.2 Å². The lowest BCUT2D eigenvalue weighted by Gasteiger charge is -2.41. The number of halogens is 3. The van der Waals surface area contributed by atoms with Crippen LogP contribution >= 0.6 is 0 Å². The molecule has 3 rings (SSSR count). The van der Waals surface area contributed by atoms with Crippen molar-refractivity contribution in [3.63, 3.8) is 0 Å². The molecule has 0 spiro atoms. The molecule has 23 heavy (non-hydrogen) atoms. The molecule has 0 N–H and O–H groups in total. The quantitative estimate of drug-likeness (QED) is 0.590. The molecule has 0 amide bonds. The monoisotopic (exact) mass is 324 g/mol. The summed E-state index contributed by atoms with van der Waals surface area (Å²) in [5, 5.41) is 0. The van der Waals surface area contributed by atoms with Crippen LogP contribution in [0.2, 0.25) is 0 Å². The highest BCUT2D eigenvalue weighted by Gasteiger charge is 2.41. The average molecular weight is 324 g/mol. The average Bonchev–Trinajstić information content (AvgIpc) is 2.51. The summed E-state index contributed by atoms with van der Waals surface area (Å²) in [5.74, 6) is 0.722. The minimum atomic E-state index is -1.39. The predicted octanol–water partition coefficient (Wildman–Crippen LogP) is 6.41. The Morgan fingerprint density at radius 2 is 1.43 bits per heavy atom. The molecule has 0 radical (unpaired) electrons. The SMILES string of the molecule is Cc1ccc(C2(F)CCC(C3CCC(C)(F)CC3)CC2)cc1F. The molecule has 0 bridgehead atoms. The molecule has 2 fully saturated rings. The number of hydrogen-bond donors (Lipinski definition) is 0. The Morgan fingerprint density at radius 1 is 0.913 bits per heavy atom. The van der Waals surface area contributed by atoms with Crippen LogP contribution in [0.5, 0.6) is 0 Å². The van der Waals surface area contributed by atoms with Crippen LogP contribution in [0.1, 0.15) is 69.4 Å². The van der Waals surface area contributed by atoms with E-state index in [-0.39, 0.29) is 5.82 Å². The van der Waals surface area contributed by atoms with Crippen molar-refractivity contribution in [1.29, 1.82) is 0 Å². The molecule has 2 aliphatic carbocycles. The van der Waals surface area contributed by atoms with E-state index in [1.807, 2.05) is 0 Å². The Balaban J connectivity index is 1.62. The normalized spacial score (nSPS) is 38.5. The fourth-order valence-corrected chi connectivity index (χ4v) is 4.44. The van der Waals surface area contributed by atoms with Crippen molar-refractivity contribution < 1.29 is 13.2 Å². The van der Waals surface area contributed by atoms with Gasteiger partial charge in [-0.15, -0.1) is 0 Å². The summed E-state index contributed by atoms with van der Waals surface area (Å²) in [6.07, 6.45) is 5.72. The summed E-state index contributed by atoms with van der Waals surface area (Å²) in [4.78, 5) is 0. The lowest BCUT2D eigenvalue weighted by molar-refractivity contribution is 0.0327. The van der Waals surface area contributed by atoms with Crippen LogP contribution < -0.4 is 0 Å². The van der Waals surface area contributed by atoms with E-state index in [9.17, 15) is 8.78 Å². The summed E-state index contributed by atoms with van der Waals surface area (Å²) >= 11 is 0. The lowest BCUT2D eigenvalue weighted by atomic mass is 9.67. The van der Waals surface area contributed by atoms with E-state index in [2.05, 4.69) is 0 Å². The second kappa shape index (κ2) is 6.14. The number of alkyl halides is 2. The van der Waals surface area contributed by atoms with E-state index in [0.29, 0.717) is 48.6 Å². The van der Waals surface area contributed by atoms with Crippen LogP contribution in [0.15, 0.2) is 18.2 Å². The zero-order valence-corrected chi connectivity index (χ0v) is 14.2. The number of benzene rings is 1. The Kier molecular flexibility index (Phi) is 4.50. The molecule has 0 aromatic heterocycles. The van der Waals surface area contributed by atoms with Gasteiger partial charge in [0.15, 0.2) is 0 Å². The topological polar surface area (TPSA) is 0 Å². The molecule has 3 heteroatoms. The predicted molar refractivity (Wildman–Crippen MR) is 87.4 cm³/mol. The second-order valence-electron chi connectivity index (χ2n) is 8.02. The van der Waals surface area contributed by atoms with Crippen LogP contribution in [0, 0.1) is 24.6 Å². The molecule has 0 unspecified atom stereocenters. The van der Waals surface area contributed by atoms with Crippen molar-refractivity contribution in [2.24, 2.45) is 11.8 Å². The van der Waals surface area contributed by atoms with Gasteiger partial charge < -0.3 is 0 Å². The number of rotatable bonds is 2. The Labute approximate surface area is 137 Å². The summed E-state index contributed by atoms with van der Waals surface area (Å²) in [5.41, 5.74) is -1.36. The molecule has 0 heterocycles. The van der Waals surface area contributed by atoms with Gasteiger partial charge in [-0.3, -0.25) is 0 Å². The minimum absolute atomic E-state index is 0.323. The molecule has 0 saturated heterocycles. The molecule has 2 saturated carbocycles. The molecular weight excluding hydrogens is 297 g/mol. The first-order valence-corrected chi connectivity index (χ1v) is 8.94. The fraction of sp³-hybridized carbons (Fsp3) is 0.700. The molecule has 2 aliphatic rings. The Morgan fingerprint density at radius 3 is 1.96 bits per heavy atom. The van der Waals surface area contributed by atoms with Gasteiger partial charge in [0, 0.05) is 0 Å². The molecule has 1 aromatic carbocycles. The number of aryl methyl sites for hydroxylation is 1. The van der Waals surface area contributed by atoms with Gasteiger partial charge in [0.1, 0.15) is 17.2 Å². The van der Waals surface area contributed by atoms with Gasteiger partial charge in [-0.2, -0.15) is 0 Å². The van der Waals surface area contributed by atoms with Crippen LogP contribution in [0.4, 0.5) is 13.2 Å². The van der Waals surface area contributed by atoms with Gasteiger partial charge in [-0.25, -0.2) is 13.2 Å². The first kappa shape index (κ1) is 16.9. The van der Waals surface area contributed by atoms with Gasteiger partial charge in [-0.1, -0.05) is 12.1 Å². The second-order valence-corrected chi connectivity index (χ2v) is 8.02. The molecular formula is C20H27F3. The maximum Gasteiger partial charge on any atom is 0.136 e. The summed E-state index contributed by atoms with van der Waals surface area (Å²) in [6.45, 7) is 3.39. The van der Waals surface area contributed by atoms with Crippen molar-refractivity contribution in [3.8, 4) is 0 Å². The third-order valence-corrected chi connectivity index (χ3v) is 6.25. The smallest absolute Gasteiger partial charge is 0.136 e. The highest BCUT2D eigenvalue weighted by Crippen LogP contribution is 2.48. The Hall–Kier alpha value is -0.990. The van der Waals surface area contributed by atoms with E-state index in [1.54, 1.807) is 26.0 Å². The molecule has 128 valence electrons. The van der Waals surface area contributed by atoms with Gasteiger partial charge in [0.05, 0.1) is 0 Å². The first-order valence-electron chi connectivity index (χ1n) is 8.94.